The minimum Gasteiger partial charge on any atom is -0.496 e. The molecular weight excluding hydrogens is 210 g/mol. The predicted octanol–water partition coefficient (Wildman–Crippen LogP) is 3.08. The third-order valence-electron chi connectivity index (χ3n) is 3.61. The first-order valence-electron chi connectivity index (χ1n) is 6.58. The van der Waals surface area contributed by atoms with Gasteiger partial charge in [0.25, 0.3) is 0 Å². The summed E-state index contributed by atoms with van der Waals surface area (Å²) < 4.78 is 5.44. The molecule has 1 aromatic carbocycles. The maximum absolute atomic E-state index is 5.44. The lowest BCUT2D eigenvalue weighted by molar-refractivity contribution is 0.329. The standard InChI is InChI=1S/C15H23NO/c1-11-7-8-15(17-3)13(9-11)10-14-6-4-5-12(2)16-14/h7-9,12,14,16H,4-6,10H2,1-3H3. The van der Waals surface area contributed by atoms with Crippen LogP contribution in [0.1, 0.15) is 37.3 Å². The average Bonchev–Trinajstić information content (AvgIpc) is 2.29. The summed E-state index contributed by atoms with van der Waals surface area (Å²) in [6.45, 7) is 4.42. The summed E-state index contributed by atoms with van der Waals surface area (Å²) in [5.41, 5.74) is 2.64. The van der Waals surface area contributed by atoms with E-state index in [0.29, 0.717) is 12.1 Å². The molecule has 2 atom stereocenters. The van der Waals surface area contributed by atoms with E-state index in [1.165, 1.54) is 30.4 Å². The monoisotopic (exact) mass is 233 g/mol. The fourth-order valence-electron chi connectivity index (χ4n) is 2.73. The Morgan fingerprint density at radius 1 is 1.35 bits per heavy atom. The zero-order valence-electron chi connectivity index (χ0n) is 11.1. The van der Waals surface area contributed by atoms with E-state index in [2.05, 4.69) is 37.4 Å². The number of nitrogens with one attached hydrogen (secondary N) is 1. The van der Waals surface area contributed by atoms with Crippen molar-refractivity contribution in [1.29, 1.82) is 0 Å². The highest BCUT2D eigenvalue weighted by Gasteiger charge is 2.19. The second kappa shape index (κ2) is 5.54. The lowest BCUT2D eigenvalue weighted by Crippen LogP contribution is -2.41. The van der Waals surface area contributed by atoms with Crippen molar-refractivity contribution in [2.75, 3.05) is 7.11 Å². The topological polar surface area (TPSA) is 21.3 Å². The molecule has 0 aliphatic carbocycles. The van der Waals surface area contributed by atoms with E-state index in [9.17, 15) is 0 Å². The van der Waals surface area contributed by atoms with E-state index in [4.69, 9.17) is 4.74 Å². The predicted molar refractivity (Wildman–Crippen MR) is 71.7 cm³/mol. The highest BCUT2D eigenvalue weighted by atomic mass is 16.5. The highest BCUT2D eigenvalue weighted by Crippen LogP contribution is 2.24. The lowest BCUT2D eigenvalue weighted by Gasteiger charge is -2.29. The van der Waals surface area contributed by atoms with Crippen LogP contribution in [0, 0.1) is 6.92 Å². The number of benzene rings is 1. The van der Waals surface area contributed by atoms with Gasteiger partial charge in [0.2, 0.25) is 0 Å². The molecule has 94 valence electrons. The third-order valence-corrected chi connectivity index (χ3v) is 3.61. The summed E-state index contributed by atoms with van der Waals surface area (Å²) in [7, 11) is 1.76. The average molecular weight is 233 g/mol. The van der Waals surface area contributed by atoms with Crippen molar-refractivity contribution in [1.82, 2.24) is 5.32 Å². The van der Waals surface area contributed by atoms with E-state index < -0.39 is 0 Å². The van der Waals surface area contributed by atoms with E-state index in [-0.39, 0.29) is 0 Å². The van der Waals surface area contributed by atoms with Crippen LogP contribution in [0.3, 0.4) is 0 Å². The molecule has 0 saturated carbocycles. The van der Waals surface area contributed by atoms with Gasteiger partial charge in [0.15, 0.2) is 0 Å². The first-order chi connectivity index (χ1) is 8.19. The Kier molecular flexibility index (Phi) is 4.06. The van der Waals surface area contributed by atoms with Crippen LogP contribution in [-0.4, -0.2) is 19.2 Å². The van der Waals surface area contributed by atoms with Crippen LogP contribution < -0.4 is 10.1 Å². The molecule has 1 fully saturated rings. The molecule has 0 bridgehead atoms. The summed E-state index contributed by atoms with van der Waals surface area (Å²) >= 11 is 0. The zero-order valence-corrected chi connectivity index (χ0v) is 11.1. The fourth-order valence-corrected chi connectivity index (χ4v) is 2.73. The van der Waals surface area contributed by atoms with Gasteiger partial charge in [-0.1, -0.05) is 24.1 Å². The summed E-state index contributed by atoms with van der Waals surface area (Å²) in [6, 6.07) is 7.70. The Labute approximate surface area is 104 Å². The summed E-state index contributed by atoms with van der Waals surface area (Å²) in [5.74, 6) is 1.02. The number of hydrogen-bond donors (Lipinski definition) is 1. The van der Waals surface area contributed by atoms with Crippen LogP contribution in [0.5, 0.6) is 5.75 Å². The van der Waals surface area contributed by atoms with Crippen LogP contribution >= 0.6 is 0 Å². The van der Waals surface area contributed by atoms with E-state index >= 15 is 0 Å². The minimum absolute atomic E-state index is 0.606. The molecule has 2 unspecified atom stereocenters. The van der Waals surface area contributed by atoms with Gasteiger partial charge in [-0.25, -0.2) is 0 Å². The molecular formula is C15H23NO. The highest BCUT2D eigenvalue weighted by molar-refractivity contribution is 5.37. The number of piperidine rings is 1. The molecule has 2 heteroatoms. The summed E-state index contributed by atoms with van der Waals surface area (Å²) in [6.07, 6.45) is 5.01. The minimum atomic E-state index is 0.606. The Hall–Kier alpha value is -1.02. The largest absolute Gasteiger partial charge is 0.496 e. The number of aryl methyl sites for hydroxylation is 1. The van der Waals surface area contributed by atoms with E-state index in [1.54, 1.807) is 7.11 Å². The van der Waals surface area contributed by atoms with Gasteiger partial charge < -0.3 is 10.1 Å². The van der Waals surface area contributed by atoms with E-state index in [1.807, 2.05) is 0 Å². The van der Waals surface area contributed by atoms with Gasteiger partial charge in [0.05, 0.1) is 7.11 Å². The molecule has 17 heavy (non-hydrogen) atoms. The normalized spacial score (nSPS) is 24.6. The quantitative estimate of drug-likeness (QED) is 0.866. The van der Waals surface area contributed by atoms with Gasteiger partial charge in [-0.15, -0.1) is 0 Å². The van der Waals surface area contributed by atoms with Crippen LogP contribution in [0.4, 0.5) is 0 Å². The molecule has 1 aromatic rings. The first-order valence-corrected chi connectivity index (χ1v) is 6.58. The van der Waals surface area contributed by atoms with Gasteiger partial charge in [-0.2, -0.15) is 0 Å². The van der Waals surface area contributed by atoms with Gasteiger partial charge in [0, 0.05) is 12.1 Å². The Balaban J connectivity index is 2.08. The molecule has 1 aliphatic heterocycles. The number of hydrogen-bond acceptors (Lipinski definition) is 2. The van der Waals surface area contributed by atoms with Crippen molar-refractivity contribution in [3.63, 3.8) is 0 Å². The smallest absolute Gasteiger partial charge is 0.122 e. The molecule has 0 aromatic heterocycles. The molecule has 0 spiro atoms. The van der Waals surface area contributed by atoms with Crippen molar-refractivity contribution in [3.05, 3.63) is 29.3 Å². The fraction of sp³-hybridized carbons (Fsp3) is 0.600. The van der Waals surface area contributed by atoms with Crippen molar-refractivity contribution in [2.24, 2.45) is 0 Å². The summed E-state index contributed by atoms with van der Waals surface area (Å²) in [5, 5.41) is 3.68. The molecule has 1 N–H and O–H groups in total. The lowest BCUT2D eigenvalue weighted by atomic mass is 9.93. The number of methoxy groups -OCH3 is 1. The first kappa shape index (κ1) is 12.4. The maximum atomic E-state index is 5.44. The van der Waals surface area contributed by atoms with Crippen LogP contribution in [0.15, 0.2) is 18.2 Å². The van der Waals surface area contributed by atoms with Crippen LogP contribution in [0.25, 0.3) is 0 Å². The van der Waals surface area contributed by atoms with E-state index in [0.717, 1.165) is 12.2 Å². The van der Waals surface area contributed by atoms with Crippen LogP contribution in [-0.2, 0) is 6.42 Å². The molecule has 1 saturated heterocycles. The number of ether oxygens (including phenoxy) is 1. The van der Waals surface area contributed by atoms with Crippen molar-refractivity contribution >= 4 is 0 Å². The van der Waals surface area contributed by atoms with Gasteiger partial charge in [0.1, 0.15) is 5.75 Å². The molecule has 0 radical (unpaired) electrons. The van der Waals surface area contributed by atoms with Gasteiger partial charge in [-0.3, -0.25) is 0 Å². The van der Waals surface area contributed by atoms with Crippen molar-refractivity contribution < 1.29 is 4.74 Å². The Morgan fingerprint density at radius 2 is 2.18 bits per heavy atom. The molecule has 2 nitrogen and oxygen atoms in total. The second-order valence-electron chi connectivity index (χ2n) is 5.21. The summed E-state index contributed by atoms with van der Waals surface area (Å²) in [4.78, 5) is 0. The molecule has 0 amide bonds. The molecule has 1 aliphatic rings. The van der Waals surface area contributed by atoms with Crippen molar-refractivity contribution in [3.8, 4) is 5.75 Å². The SMILES string of the molecule is COc1ccc(C)cc1CC1CCCC(C)N1. The van der Waals surface area contributed by atoms with Gasteiger partial charge in [-0.05, 0) is 44.7 Å². The number of rotatable bonds is 3. The van der Waals surface area contributed by atoms with Gasteiger partial charge >= 0.3 is 0 Å². The Morgan fingerprint density at radius 3 is 2.88 bits per heavy atom. The maximum Gasteiger partial charge on any atom is 0.122 e. The molecule has 1 heterocycles. The van der Waals surface area contributed by atoms with Crippen molar-refractivity contribution in [2.45, 2.75) is 51.6 Å². The zero-order chi connectivity index (χ0) is 12.3. The Bertz CT molecular complexity index is 375. The van der Waals surface area contributed by atoms with Crippen LogP contribution in [0.2, 0.25) is 0 Å². The molecule has 2 rings (SSSR count). The third kappa shape index (κ3) is 3.22. The second-order valence-corrected chi connectivity index (χ2v) is 5.21.